The summed E-state index contributed by atoms with van der Waals surface area (Å²) in [4.78, 5) is 12.7. The summed E-state index contributed by atoms with van der Waals surface area (Å²) < 4.78 is 0. The Hall–Kier alpha value is -2.09. The fraction of sp³-hybridized carbons (Fsp3) is 0.350. The molecule has 1 unspecified atom stereocenters. The summed E-state index contributed by atoms with van der Waals surface area (Å²) in [5.74, 6) is 0.0216. The fourth-order valence-corrected chi connectivity index (χ4v) is 3.38. The Balaban J connectivity index is 1.82. The molecule has 1 aliphatic carbocycles. The first-order valence-corrected chi connectivity index (χ1v) is 8.26. The van der Waals surface area contributed by atoms with Crippen LogP contribution in [0.3, 0.4) is 0 Å². The van der Waals surface area contributed by atoms with Crippen LogP contribution < -0.4 is 5.32 Å². The Bertz CT molecular complexity index is 648. The predicted octanol–water partition coefficient (Wildman–Crippen LogP) is 4.70. The second kappa shape index (κ2) is 6.78. The molecule has 22 heavy (non-hydrogen) atoms. The van der Waals surface area contributed by atoms with Crippen molar-refractivity contribution in [1.82, 2.24) is 0 Å². The summed E-state index contributed by atoms with van der Waals surface area (Å²) >= 11 is 0. The van der Waals surface area contributed by atoms with E-state index >= 15 is 0 Å². The first-order valence-electron chi connectivity index (χ1n) is 8.26. The number of hydrogen-bond acceptors (Lipinski definition) is 1. The lowest BCUT2D eigenvalue weighted by atomic mass is 9.90. The molecule has 1 atom stereocenters. The molecular weight excluding hydrogens is 270 g/mol. The minimum atomic E-state index is -0.0827. The van der Waals surface area contributed by atoms with E-state index in [2.05, 4.69) is 24.4 Å². The van der Waals surface area contributed by atoms with E-state index in [4.69, 9.17) is 0 Å². The topological polar surface area (TPSA) is 29.1 Å². The minimum Gasteiger partial charge on any atom is -0.325 e. The van der Waals surface area contributed by atoms with Gasteiger partial charge in [-0.25, -0.2) is 0 Å². The van der Waals surface area contributed by atoms with Crippen LogP contribution in [0.15, 0.2) is 48.5 Å². The molecule has 1 N–H and O–H groups in total. The molecule has 0 radical (unpaired) electrons. The highest BCUT2D eigenvalue weighted by atomic mass is 16.1. The molecule has 0 aliphatic heterocycles. The zero-order valence-electron chi connectivity index (χ0n) is 13.1. The number of rotatable bonds is 4. The monoisotopic (exact) mass is 293 g/mol. The fourth-order valence-electron chi connectivity index (χ4n) is 3.38. The second-order valence-corrected chi connectivity index (χ2v) is 6.01. The third kappa shape index (κ3) is 3.06. The van der Waals surface area contributed by atoms with Crippen molar-refractivity contribution in [2.24, 2.45) is 0 Å². The van der Waals surface area contributed by atoms with Crippen LogP contribution in [0.5, 0.6) is 0 Å². The van der Waals surface area contributed by atoms with Crippen molar-refractivity contribution in [1.29, 1.82) is 0 Å². The van der Waals surface area contributed by atoms with E-state index in [1.165, 1.54) is 24.0 Å². The average molecular weight is 293 g/mol. The van der Waals surface area contributed by atoms with Crippen LogP contribution >= 0.6 is 0 Å². The van der Waals surface area contributed by atoms with E-state index in [9.17, 15) is 4.79 Å². The van der Waals surface area contributed by atoms with Gasteiger partial charge < -0.3 is 5.32 Å². The van der Waals surface area contributed by atoms with E-state index in [1.807, 2.05) is 36.4 Å². The van der Waals surface area contributed by atoms with Gasteiger partial charge in [-0.15, -0.1) is 0 Å². The van der Waals surface area contributed by atoms with E-state index < -0.39 is 0 Å². The van der Waals surface area contributed by atoms with Crippen LogP contribution in [-0.2, 0) is 17.6 Å². The molecule has 1 amide bonds. The normalized spacial score (nSPS) is 15.0. The van der Waals surface area contributed by atoms with E-state index in [0.717, 1.165) is 30.5 Å². The van der Waals surface area contributed by atoms with E-state index in [-0.39, 0.29) is 11.8 Å². The summed E-state index contributed by atoms with van der Waals surface area (Å²) in [6, 6.07) is 16.3. The zero-order valence-corrected chi connectivity index (χ0v) is 13.1. The van der Waals surface area contributed by atoms with Gasteiger partial charge in [0.2, 0.25) is 5.91 Å². The summed E-state index contributed by atoms with van der Waals surface area (Å²) in [5.41, 5.74) is 4.84. The first-order chi connectivity index (χ1) is 10.8. The second-order valence-electron chi connectivity index (χ2n) is 6.01. The number of carbonyl (C=O) groups excluding carboxylic acids is 1. The Kier molecular flexibility index (Phi) is 4.57. The molecule has 0 saturated carbocycles. The largest absolute Gasteiger partial charge is 0.325 e. The van der Waals surface area contributed by atoms with Crippen molar-refractivity contribution in [3.8, 4) is 0 Å². The number of fused-ring (bicyclic) bond motifs is 1. The van der Waals surface area contributed by atoms with Gasteiger partial charge in [-0.05, 0) is 54.9 Å². The lowest BCUT2D eigenvalue weighted by Crippen LogP contribution is -2.22. The average Bonchev–Trinajstić information content (AvgIpc) is 2.57. The van der Waals surface area contributed by atoms with Crippen LogP contribution in [-0.4, -0.2) is 5.91 Å². The molecule has 1 aliphatic rings. The summed E-state index contributed by atoms with van der Waals surface area (Å²) in [7, 11) is 0. The first kappa shape index (κ1) is 14.8. The maximum absolute atomic E-state index is 12.7. The van der Waals surface area contributed by atoms with Crippen molar-refractivity contribution < 1.29 is 4.79 Å². The van der Waals surface area contributed by atoms with Crippen LogP contribution in [0, 0.1) is 0 Å². The van der Waals surface area contributed by atoms with Gasteiger partial charge in [-0.1, -0.05) is 49.4 Å². The molecule has 0 spiro atoms. The molecule has 2 aromatic rings. The van der Waals surface area contributed by atoms with E-state index in [0.29, 0.717) is 0 Å². The van der Waals surface area contributed by atoms with Gasteiger partial charge in [0.05, 0.1) is 5.92 Å². The third-order valence-corrected chi connectivity index (χ3v) is 4.58. The molecule has 3 rings (SSSR count). The van der Waals surface area contributed by atoms with Crippen LogP contribution in [0.25, 0.3) is 0 Å². The molecule has 0 bridgehead atoms. The van der Waals surface area contributed by atoms with Crippen molar-refractivity contribution in [2.75, 3.05) is 5.32 Å². The zero-order chi connectivity index (χ0) is 15.4. The highest BCUT2D eigenvalue weighted by molar-refractivity contribution is 5.96. The van der Waals surface area contributed by atoms with Crippen molar-refractivity contribution in [3.63, 3.8) is 0 Å². The van der Waals surface area contributed by atoms with Gasteiger partial charge in [0.1, 0.15) is 0 Å². The quantitative estimate of drug-likeness (QED) is 0.870. The minimum absolute atomic E-state index is 0.0827. The molecule has 2 nitrogen and oxygen atoms in total. The van der Waals surface area contributed by atoms with Crippen LogP contribution in [0.2, 0.25) is 0 Å². The predicted molar refractivity (Wildman–Crippen MR) is 91.2 cm³/mol. The molecule has 0 heterocycles. The smallest absolute Gasteiger partial charge is 0.231 e. The maximum atomic E-state index is 12.7. The number of anilines is 1. The summed E-state index contributed by atoms with van der Waals surface area (Å²) in [6.45, 7) is 2.07. The van der Waals surface area contributed by atoms with Crippen LogP contribution in [0.4, 0.5) is 5.69 Å². The standard InChI is InChI=1S/C20H23NO/c1-2-17(15-9-4-3-5-10-15)20(22)21-19-14-8-12-16-11-6-7-13-18(16)19/h3-5,8-10,12,14,17H,2,6-7,11,13H2,1H3,(H,21,22). The molecule has 0 saturated heterocycles. The highest BCUT2D eigenvalue weighted by Crippen LogP contribution is 2.29. The lowest BCUT2D eigenvalue weighted by Gasteiger charge is -2.21. The molecule has 114 valence electrons. The lowest BCUT2D eigenvalue weighted by molar-refractivity contribution is -0.117. The van der Waals surface area contributed by atoms with Gasteiger partial charge in [0.25, 0.3) is 0 Å². The Morgan fingerprint density at radius 1 is 1.05 bits per heavy atom. The maximum Gasteiger partial charge on any atom is 0.231 e. The van der Waals surface area contributed by atoms with Gasteiger partial charge in [-0.2, -0.15) is 0 Å². The number of carbonyl (C=O) groups is 1. The molecule has 0 fully saturated rings. The summed E-state index contributed by atoms with van der Waals surface area (Å²) in [6.07, 6.45) is 5.50. The summed E-state index contributed by atoms with van der Waals surface area (Å²) in [5, 5.41) is 3.18. The number of benzene rings is 2. The van der Waals surface area contributed by atoms with Crippen molar-refractivity contribution >= 4 is 11.6 Å². The Morgan fingerprint density at radius 2 is 1.82 bits per heavy atom. The van der Waals surface area contributed by atoms with Crippen molar-refractivity contribution in [3.05, 3.63) is 65.2 Å². The number of nitrogens with one attached hydrogen (secondary N) is 1. The van der Waals surface area contributed by atoms with Gasteiger partial charge in [0.15, 0.2) is 0 Å². The molecule has 2 heteroatoms. The molecule has 0 aromatic heterocycles. The van der Waals surface area contributed by atoms with Crippen molar-refractivity contribution in [2.45, 2.75) is 44.9 Å². The number of hydrogen-bond donors (Lipinski definition) is 1. The Labute approximate surface area is 132 Å². The van der Waals surface area contributed by atoms with E-state index in [1.54, 1.807) is 0 Å². The Morgan fingerprint density at radius 3 is 2.59 bits per heavy atom. The molecule has 2 aromatic carbocycles. The van der Waals surface area contributed by atoms with Gasteiger partial charge in [0, 0.05) is 5.69 Å². The highest BCUT2D eigenvalue weighted by Gasteiger charge is 2.20. The molecular formula is C20H23NO. The van der Waals surface area contributed by atoms with Gasteiger partial charge >= 0.3 is 0 Å². The number of amides is 1. The SMILES string of the molecule is CCC(C(=O)Nc1cccc2c1CCCC2)c1ccccc1. The van der Waals surface area contributed by atoms with Crippen LogP contribution in [0.1, 0.15) is 48.8 Å². The van der Waals surface area contributed by atoms with Gasteiger partial charge in [-0.3, -0.25) is 4.79 Å². The number of aryl methyl sites for hydroxylation is 1. The third-order valence-electron chi connectivity index (χ3n) is 4.58.